The molecule has 0 aromatic heterocycles. The molecule has 0 bridgehead atoms. The number of likely N-dealkylation sites (N-methyl/N-ethyl adjacent to an activating group) is 1. The van der Waals surface area contributed by atoms with E-state index >= 15 is 0 Å². The highest BCUT2D eigenvalue weighted by atomic mass is 16.5. The first kappa shape index (κ1) is 10.7. The van der Waals surface area contributed by atoms with Crippen LogP contribution in [0.2, 0.25) is 0 Å². The van der Waals surface area contributed by atoms with Gasteiger partial charge in [0.2, 0.25) is 0 Å². The highest BCUT2D eigenvalue weighted by Gasteiger charge is 2.20. The molecule has 1 aromatic carbocycles. The molecule has 1 aliphatic rings. The fourth-order valence-electron chi connectivity index (χ4n) is 2.20. The third kappa shape index (κ3) is 2.39. The van der Waals surface area contributed by atoms with E-state index in [1.165, 1.54) is 11.1 Å². The van der Waals surface area contributed by atoms with Gasteiger partial charge in [0.15, 0.2) is 0 Å². The van der Waals surface area contributed by atoms with Crippen LogP contribution in [0.1, 0.15) is 24.2 Å². The molecule has 0 fully saturated rings. The van der Waals surface area contributed by atoms with Gasteiger partial charge in [-0.15, -0.1) is 0 Å². The number of hydrogen-bond acceptors (Lipinski definition) is 2. The molecule has 1 atom stereocenters. The normalized spacial score (nSPS) is 22.1. The molecule has 15 heavy (non-hydrogen) atoms. The Morgan fingerprint density at radius 2 is 2.20 bits per heavy atom. The second kappa shape index (κ2) is 4.77. The Kier molecular flexibility index (Phi) is 3.39. The summed E-state index contributed by atoms with van der Waals surface area (Å²) in [4.78, 5) is 2.35. The average molecular weight is 205 g/mol. The van der Waals surface area contributed by atoms with Gasteiger partial charge in [-0.1, -0.05) is 24.3 Å². The Labute approximate surface area is 91.9 Å². The van der Waals surface area contributed by atoms with Crippen molar-refractivity contribution in [3.8, 4) is 0 Å². The Hall–Kier alpha value is -0.860. The van der Waals surface area contributed by atoms with Crippen LogP contribution in [-0.2, 0) is 11.2 Å². The predicted molar refractivity (Wildman–Crippen MR) is 62.0 cm³/mol. The lowest BCUT2D eigenvalue weighted by molar-refractivity contribution is 0.0420. The van der Waals surface area contributed by atoms with Crippen LogP contribution in [0.5, 0.6) is 0 Å². The third-order valence-corrected chi connectivity index (χ3v) is 3.01. The molecule has 1 aliphatic heterocycles. The molecule has 0 spiro atoms. The first-order valence-corrected chi connectivity index (χ1v) is 5.69. The van der Waals surface area contributed by atoms with Crippen LogP contribution in [0.3, 0.4) is 0 Å². The van der Waals surface area contributed by atoms with Crippen molar-refractivity contribution in [1.82, 2.24) is 4.90 Å². The minimum atomic E-state index is 0.249. The highest BCUT2D eigenvalue weighted by Crippen LogP contribution is 2.25. The lowest BCUT2D eigenvalue weighted by Crippen LogP contribution is -2.25. The molecular formula is C13H19NO. The maximum atomic E-state index is 5.82. The van der Waals surface area contributed by atoms with Crippen LogP contribution in [0.4, 0.5) is 0 Å². The van der Waals surface area contributed by atoms with Crippen LogP contribution in [-0.4, -0.2) is 31.6 Å². The van der Waals surface area contributed by atoms with Crippen molar-refractivity contribution in [3.05, 3.63) is 35.4 Å². The first-order chi connectivity index (χ1) is 7.31. The second-order valence-electron chi connectivity index (χ2n) is 4.16. The SMILES string of the molecule is CCOC1CN(C)CCc2ccccc21. The zero-order valence-corrected chi connectivity index (χ0v) is 9.57. The summed E-state index contributed by atoms with van der Waals surface area (Å²) < 4.78 is 5.82. The molecular weight excluding hydrogens is 186 g/mol. The summed E-state index contributed by atoms with van der Waals surface area (Å²) in [5.41, 5.74) is 2.82. The van der Waals surface area contributed by atoms with E-state index < -0.39 is 0 Å². The molecule has 1 unspecified atom stereocenters. The maximum absolute atomic E-state index is 5.82. The number of rotatable bonds is 2. The smallest absolute Gasteiger partial charge is 0.0954 e. The summed E-state index contributed by atoms with van der Waals surface area (Å²) in [6.07, 6.45) is 1.38. The van der Waals surface area contributed by atoms with Crippen molar-refractivity contribution in [1.29, 1.82) is 0 Å². The minimum absolute atomic E-state index is 0.249. The van der Waals surface area contributed by atoms with Gasteiger partial charge in [-0.05, 0) is 31.5 Å². The molecule has 0 N–H and O–H groups in total. The van der Waals surface area contributed by atoms with Gasteiger partial charge in [0.1, 0.15) is 0 Å². The van der Waals surface area contributed by atoms with E-state index in [-0.39, 0.29) is 6.10 Å². The van der Waals surface area contributed by atoms with E-state index in [4.69, 9.17) is 4.74 Å². The lowest BCUT2D eigenvalue weighted by atomic mass is 10.0. The Morgan fingerprint density at radius 3 is 3.00 bits per heavy atom. The summed E-state index contributed by atoms with van der Waals surface area (Å²) in [6, 6.07) is 8.65. The molecule has 2 rings (SSSR count). The zero-order chi connectivity index (χ0) is 10.7. The fourth-order valence-corrected chi connectivity index (χ4v) is 2.20. The van der Waals surface area contributed by atoms with E-state index in [9.17, 15) is 0 Å². The van der Waals surface area contributed by atoms with Crippen LogP contribution in [0.15, 0.2) is 24.3 Å². The van der Waals surface area contributed by atoms with Crippen LogP contribution < -0.4 is 0 Å². The van der Waals surface area contributed by atoms with Crippen LogP contribution >= 0.6 is 0 Å². The van der Waals surface area contributed by atoms with Crippen LogP contribution in [0.25, 0.3) is 0 Å². The maximum Gasteiger partial charge on any atom is 0.0954 e. The van der Waals surface area contributed by atoms with Gasteiger partial charge in [0.05, 0.1) is 6.10 Å². The molecule has 1 aromatic rings. The molecule has 2 heteroatoms. The van der Waals surface area contributed by atoms with Crippen molar-refractivity contribution in [2.75, 3.05) is 26.7 Å². The van der Waals surface area contributed by atoms with Gasteiger partial charge >= 0.3 is 0 Å². The Bertz CT molecular complexity index is 324. The van der Waals surface area contributed by atoms with Gasteiger partial charge < -0.3 is 9.64 Å². The number of nitrogens with zero attached hydrogens (tertiary/aromatic N) is 1. The summed E-state index contributed by atoms with van der Waals surface area (Å²) >= 11 is 0. The van der Waals surface area contributed by atoms with Gasteiger partial charge in [0.25, 0.3) is 0 Å². The van der Waals surface area contributed by atoms with E-state index in [0.29, 0.717) is 0 Å². The van der Waals surface area contributed by atoms with Gasteiger partial charge in [0, 0.05) is 19.7 Å². The molecule has 0 amide bonds. The van der Waals surface area contributed by atoms with E-state index in [0.717, 1.165) is 26.1 Å². The van der Waals surface area contributed by atoms with E-state index in [1.807, 2.05) is 0 Å². The quantitative estimate of drug-likeness (QED) is 0.734. The molecule has 0 saturated carbocycles. The summed E-state index contributed by atoms with van der Waals surface area (Å²) in [5, 5.41) is 0. The summed E-state index contributed by atoms with van der Waals surface area (Å²) in [6.45, 7) is 4.98. The van der Waals surface area contributed by atoms with Gasteiger partial charge in [-0.2, -0.15) is 0 Å². The summed E-state index contributed by atoms with van der Waals surface area (Å²) in [5.74, 6) is 0. The van der Waals surface area contributed by atoms with Gasteiger partial charge in [-0.25, -0.2) is 0 Å². The largest absolute Gasteiger partial charge is 0.372 e. The monoisotopic (exact) mass is 205 g/mol. The van der Waals surface area contributed by atoms with Crippen molar-refractivity contribution >= 4 is 0 Å². The fraction of sp³-hybridized carbons (Fsp3) is 0.538. The molecule has 2 nitrogen and oxygen atoms in total. The average Bonchev–Trinajstić information content (AvgIpc) is 2.40. The van der Waals surface area contributed by atoms with Crippen molar-refractivity contribution in [2.45, 2.75) is 19.4 Å². The molecule has 82 valence electrons. The first-order valence-electron chi connectivity index (χ1n) is 5.69. The van der Waals surface area contributed by atoms with E-state index in [1.54, 1.807) is 0 Å². The Balaban J connectivity index is 2.28. The molecule has 1 heterocycles. The second-order valence-corrected chi connectivity index (χ2v) is 4.16. The van der Waals surface area contributed by atoms with Gasteiger partial charge in [-0.3, -0.25) is 0 Å². The molecule has 0 aliphatic carbocycles. The molecule has 0 saturated heterocycles. The summed E-state index contributed by atoms with van der Waals surface area (Å²) in [7, 11) is 2.16. The number of hydrogen-bond donors (Lipinski definition) is 0. The Morgan fingerprint density at radius 1 is 1.40 bits per heavy atom. The van der Waals surface area contributed by atoms with E-state index in [2.05, 4.69) is 43.1 Å². The number of fused-ring (bicyclic) bond motifs is 1. The highest BCUT2D eigenvalue weighted by molar-refractivity contribution is 5.30. The van der Waals surface area contributed by atoms with Crippen LogP contribution in [0, 0.1) is 0 Å². The standard InChI is InChI=1S/C13H19NO/c1-3-15-13-10-14(2)9-8-11-6-4-5-7-12(11)13/h4-7,13H,3,8-10H2,1-2H3. The predicted octanol–water partition coefficient (Wildman–Crippen LogP) is 2.25. The molecule has 0 radical (unpaired) electrons. The van der Waals surface area contributed by atoms with Crippen molar-refractivity contribution < 1.29 is 4.74 Å². The van der Waals surface area contributed by atoms with Crippen molar-refractivity contribution in [3.63, 3.8) is 0 Å². The zero-order valence-electron chi connectivity index (χ0n) is 9.57. The number of ether oxygens (including phenoxy) is 1. The van der Waals surface area contributed by atoms with Crippen molar-refractivity contribution in [2.24, 2.45) is 0 Å². The topological polar surface area (TPSA) is 12.5 Å². The lowest BCUT2D eigenvalue weighted by Gasteiger charge is -2.21. The number of benzene rings is 1. The third-order valence-electron chi connectivity index (χ3n) is 3.01. The minimum Gasteiger partial charge on any atom is -0.372 e.